The van der Waals surface area contributed by atoms with Crippen molar-refractivity contribution in [2.24, 2.45) is 0 Å². The number of rotatable bonds is 4. The predicted molar refractivity (Wildman–Crippen MR) is 120 cm³/mol. The predicted octanol–water partition coefficient (Wildman–Crippen LogP) is 3.37. The van der Waals surface area contributed by atoms with Crippen LogP contribution < -0.4 is 5.32 Å². The molecular weight excluding hydrogens is 464 g/mol. The Bertz CT molecular complexity index is 972. The molecule has 2 saturated heterocycles. The number of benzene rings is 1. The third-order valence-corrected chi connectivity index (χ3v) is 8.07. The number of nitrogens with zero attached hydrogens (tertiary/aromatic N) is 3. The van der Waals surface area contributed by atoms with Gasteiger partial charge in [0.1, 0.15) is 5.54 Å². The Morgan fingerprint density at radius 2 is 1.80 bits per heavy atom. The van der Waals surface area contributed by atoms with E-state index in [9.17, 15) is 9.59 Å². The highest BCUT2D eigenvalue weighted by atomic mass is 79.9. The number of halogens is 1. The maximum atomic E-state index is 13.4. The second kappa shape index (κ2) is 8.07. The van der Waals surface area contributed by atoms with E-state index in [4.69, 9.17) is 0 Å². The van der Waals surface area contributed by atoms with Gasteiger partial charge in [-0.05, 0) is 58.5 Å². The lowest BCUT2D eigenvalue weighted by Gasteiger charge is -2.36. The van der Waals surface area contributed by atoms with E-state index in [-0.39, 0.29) is 11.9 Å². The molecule has 2 aromatic rings. The molecule has 1 aromatic carbocycles. The summed E-state index contributed by atoms with van der Waals surface area (Å²) in [5.74, 6) is -0.0921. The van der Waals surface area contributed by atoms with Gasteiger partial charge in [0.25, 0.3) is 5.91 Å². The summed E-state index contributed by atoms with van der Waals surface area (Å²) in [6, 6.07) is 12.0. The third kappa shape index (κ3) is 3.60. The van der Waals surface area contributed by atoms with Crippen LogP contribution in [0, 0.1) is 0 Å². The Labute approximate surface area is 189 Å². The quantitative estimate of drug-likeness (QED) is 0.670. The lowest BCUT2D eigenvalue weighted by Crippen LogP contribution is -2.51. The van der Waals surface area contributed by atoms with Gasteiger partial charge >= 0.3 is 6.03 Å². The average molecular weight is 489 g/mol. The van der Waals surface area contributed by atoms with E-state index in [0.717, 1.165) is 54.9 Å². The molecule has 3 aliphatic rings. The van der Waals surface area contributed by atoms with Crippen LogP contribution in [0.3, 0.4) is 0 Å². The summed E-state index contributed by atoms with van der Waals surface area (Å²) in [6.07, 6.45) is 2.55. The van der Waals surface area contributed by atoms with E-state index in [0.29, 0.717) is 13.1 Å². The first-order chi connectivity index (χ1) is 14.5. The van der Waals surface area contributed by atoms with E-state index in [1.165, 1.54) is 15.3 Å². The van der Waals surface area contributed by atoms with Gasteiger partial charge < -0.3 is 5.32 Å². The molecule has 0 radical (unpaired) electrons. The summed E-state index contributed by atoms with van der Waals surface area (Å²) in [5, 5.41) is 3.06. The Kier molecular flexibility index (Phi) is 5.43. The van der Waals surface area contributed by atoms with E-state index < -0.39 is 5.54 Å². The zero-order valence-corrected chi connectivity index (χ0v) is 19.2. The number of carbonyl (C=O) groups is 2. The minimum absolute atomic E-state index is 0.0921. The minimum Gasteiger partial charge on any atom is -0.319 e. The maximum Gasteiger partial charge on any atom is 0.326 e. The summed E-state index contributed by atoms with van der Waals surface area (Å²) in [7, 11) is 0. The molecule has 8 heteroatoms. The fourth-order valence-electron chi connectivity index (χ4n) is 4.89. The van der Waals surface area contributed by atoms with Crippen LogP contribution in [-0.2, 0) is 23.3 Å². The molecule has 5 rings (SSSR count). The maximum absolute atomic E-state index is 13.4. The van der Waals surface area contributed by atoms with Gasteiger partial charge in [0.2, 0.25) is 0 Å². The zero-order chi connectivity index (χ0) is 20.7. The van der Waals surface area contributed by atoms with Crippen LogP contribution in [0.4, 0.5) is 4.79 Å². The first-order valence-corrected chi connectivity index (χ1v) is 12.1. The first kappa shape index (κ1) is 20.2. The largest absolute Gasteiger partial charge is 0.326 e. The monoisotopic (exact) mass is 488 g/mol. The molecule has 0 unspecified atom stereocenters. The molecule has 2 fully saturated rings. The zero-order valence-electron chi connectivity index (χ0n) is 16.8. The fourth-order valence-corrected chi connectivity index (χ4v) is 6.41. The Morgan fingerprint density at radius 3 is 2.57 bits per heavy atom. The Balaban J connectivity index is 1.24. The molecule has 0 bridgehead atoms. The number of piperazine rings is 1. The number of aryl methyl sites for hydroxylation is 1. The standard InChI is InChI=1S/C22H25BrN4O2S/c23-19-8-7-17(30-19)14-25-10-12-26(13-11-25)15-27-20(28)22(24-21(27)29)9-3-5-16-4-1-2-6-18(16)22/h1-2,4,6-8H,3,5,9-15H2,(H,24,29)/t22-/m0/s1. The summed E-state index contributed by atoms with van der Waals surface area (Å²) in [4.78, 5) is 33.7. The van der Waals surface area contributed by atoms with Crippen molar-refractivity contribution in [1.82, 2.24) is 20.0 Å². The van der Waals surface area contributed by atoms with Crippen molar-refractivity contribution < 1.29 is 9.59 Å². The van der Waals surface area contributed by atoms with Crippen molar-refractivity contribution in [2.45, 2.75) is 31.3 Å². The van der Waals surface area contributed by atoms with Gasteiger partial charge in [-0.2, -0.15) is 0 Å². The normalized spacial score (nSPS) is 25.0. The molecule has 1 N–H and O–H groups in total. The average Bonchev–Trinajstić information content (AvgIpc) is 3.26. The fraction of sp³-hybridized carbons (Fsp3) is 0.455. The molecule has 1 aliphatic carbocycles. The molecule has 2 aliphatic heterocycles. The van der Waals surface area contributed by atoms with Crippen LogP contribution >= 0.6 is 27.3 Å². The first-order valence-electron chi connectivity index (χ1n) is 10.5. The molecule has 6 nitrogen and oxygen atoms in total. The van der Waals surface area contributed by atoms with Crippen molar-refractivity contribution in [1.29, 1.82) is 0 Å². The molecule has 1 spiro atoms. The minimum atomic E-state index is -0.875. The Hall–Kier alpha value is -1.74. The smallest absolute Gasteiger partial charge is 0.319 e. The molecule has 0 saturated carbocycles. The molecule has 158 valence electrons. The second-order valence-corrected chi connectivity index (χ2v) is 10.9. The topological polar surface area (TPSA) is 55.9 Å². The number of nitrogens with one attached hydrogen (secondary N) is 1. The number of carbonyl (C=O) groups excluding carboxylic acids is 2. The van der Waals surface area contributed by atoms with E-state index in [2.05, 4.69) is 49.2 Å². The summed E-state index contributed by atoms with van der Waals surface area (Å²) < 4.78 is 1.16. The lowest BCUT2D eigenvalue weighted by molar-refractivity contribution is -0.134. The summed E-state index contributed by atoms with van der Waals surface area (Å²) in [6.45, 7) is 4.90. The Morgan fingerprint density at radius 1 is 1.03 bits per heavy atom. The van der Waals surface area contributed by atoms with Crippen LogP contribution in [0.5, 0.6) is 0 Å². The van der Waals surface area contributed by atoms with E-state index >= 15 is 0 Å². The van der Waals surface area contributed by atoms with Crippen molar-refractivity contribution in [3.63, 3.8) is 0 Å². The van der Waals surface area contributed by atoms with E-state index in [1.807, 2.05) is 18.2 Å². The number of hydrogen-bond acceptors (Lipinski definition) is 5. The molecule has 30 heavy (non-hydrogen) atoms. The van der Waals surface area contributed by atoms with Crippen LogP contribution in [0.2, 0.25) is 0 Å². The second-order valence-electron chi connectivity index (χ2n) is 8.32. The van der Waals surface area contributed by atoms with Crippen molar-refractivity contribution in [3.05, 3.63) is 56.2 Å². The third-order valence-electron chi connectivity index (χ3n) is 6.47. The number of amides is 3. The van der Waals surface area contributed by atoms with Gasteiger partial charge in [0.05, 0.1) is 10.5 Å². The van der Waals surface area contributed by atoms with Gasteiger partial charge in [-0.25, -0.2) is 9.69 Å². The number of urea groups is 1. The molecule has 3 amide bonds. The summed E-state index contributed by atoms with van der Waals surface area (Å²) >= 11 is 5.29. The van der Waals surface area contributed by atoms with Crippen LogP contribution in [-0.4, -0.2) is 59.5 Å². The molecule has 1 aromatic heterocycles. The summed E-state index contributed by atoms with van der Waals surface area (Å²) in [5.41, 5.74) is 1.28. The van der Waals surface area contributed by atoms with Gasteiger partial charge in [-0.1, -0.05) is 24.3 Å². The SMILES string of the molecule is O=C1N[C@]2(CCCc3ccccc32)C(=O)N1CN1CCN(Cc2ccc(Br)s2)CC1. The van der Waals surface area contributed by atoms with Crippen LogP contribution in [0.15, 0.2) is 40.2 Å². The van der Waals surface area contributed by atoms with E-state index in [1.54, 1.807) is 11.3 Å². The highest BCUT2D eigenvalue weighted by Gasteiger charge is 2.54. The number of imide groups is 1. The van der Waals surface area contributed by atoms with Crippen molar-refractivity contribution in [3.8, 4) is 0 Å². The van der Waals surface area contributed by atoms with Crippen LogP contribution in [0.1, 0.15) is 28.8 Å². The van der Waals surface area contributed by atoms with Gasteiger partial charge in [-0.15, -0.1) is 11.3 Å². The van der Waals surface area contributed by atoms with Crippen LogP contribution in [0.25, 0.3) is 0 Å². The number of fused-ring (bicyclic) bond motifs is 2. The van der Waals surface area contributed by atoms with Gasteiger partial charge in [0.15, 0.2) is 0 Å². The van der Waals surface area contributed by atoms with Gasteiger partial charge in [0, 0.05) is 37.6 Å². The molecule has 3 heterocycles. The number of thiophene rings is 1. The van der Waals surface area contributed by atoms with Gasteiger partial charge in [-0.3, -0.25) is 14.6 Å². The highest BCUT2D eigenvalue weighted by molar-refractivity contribution is 9.11. The number of hydrogen-bond donors (Lipinski definition) is 1. The molecule has 1 atom stereocenters. The lowest BCUT2D eigenvalue weighted by atomic mass is 9.76. The molecular formula is C22H25BrN4O2S. The van der Waals surface area contributed by atoms with Crippen molar-refractivity contribution in [2.75, 3.05) is 32.8 Å². The van der Waals surface area contributed by atoms with Crippen molar-refractivity contribution >= 4 is 39.2 Å². The highest BCUT2D eigenvalue weighted by Crippen LogP contribution is 2.40.